The highest BCUT2D eigenvalue weighted by molar-refractivity contribution is 5.66. The van der Waals surface area contributed by atoms with Gasteiger partial charge in [-0.2, -0.15) is 0 Å². The summed E-state index contributed by atoms with van der Waals surface area (Å²) in [5, 5.41) is 8.50. The molecule has 0 saturated heterocycles. The highest BCUT2D eigenvalue weighted by Crippen LogP contribution is 2.30. The fraction of sp³-hybridized carbons (Fsp3) is 0.533. The monoisotopic (exact) mass is 302 g/mol. The molecule has 0 aromatic rings. The molecule has 2 unspecified atom stereocenters. The summed E-state index contributed by atoms with van der Waals surface area (Å²) in [5.41, 5.74) is -0.0447. The summed E-state index contributed by atoms with van der Waals surface area (Å²) >= 11 is 0. The summed E-state index contributed by atoms with van der Waals surface area (Å²) in [6.07, 6.45) is 3.71. The summed E-state index contributed by atoms with van der Waals surface area (Å²) in [4.78, 5) is 10.4. The van der Waals surface area contributed by atoms with Crippen LogP contribution in [0.15, 0.2) is 35.5 Å². The number of allylic oxidation sites excluding steroid dienone is 3. The van der Waals surface area contributed by atoms with E-state index in [1.165, 1.54) is 13.2 Å². The zero-order valence-corrected chi connectivity index (χ0v) is 12.1. The molecule has 118 valence electrons. The number of aliphatic carboxylic acids is 1. The average molecular weight is 302 g/mol. The molecular formula is C15H20F2O4. The Kier molecular flexibility index (Phi) is 7.25. The van der Waals surface area contributed by atoms with Gasteiger partial charge >= 0.3 is 5.97 Å². The van der Waals surface area contributed by atoms with Gasteiger partial charge in [0, 0.05) is 25.0 Å². The van der Waals surface area contributed by atoms with E-state index in [9.17, 15) is 13.6 Å². The molecule has 0 aromatic heterocycles. The van der Waals surface area contributed by atoms with Crippen LogP contribution in [0.4, 0.5) is 8.78 Å². The van der Waals surface area contributed by atoms with Gasteiger partial charge in [0.05, 0.1) is 25.7 Å². The molecule has 21 heavy (non-hydrogen) atoms. The van der Waals surface area contributed by atoms with Gasteiger partial charge in [0.25, 0.3) is 0 Å². The number of carboxylic acid groups (broad SMARTS) is 1. The molecule has 0 fully saturated rings. The number of ether oxygens (including phenoxy) is 2. The number of carboxylic acids is 1. The normalized spacial score (nSPS) is 26.7. The summed E-state index contributed by atoms with van der Waals surface area (Å²) in [6, 6.07) is 0. The molecule has 0 bridgehead atoms. The van der Waals surface area contributed by atoms with Crippen molar-refractivity contribution in [2.24, 2.45) is 5.92 Å². The maximum absolute atomic E-state index is 14.2. The van der Waals surface area contributed by atoms with Crippen molar-refractivity contribution < 1.29 is 28.2 Å². The van der Waals surface area contributed by atoms with Gasteiger partial charge in [0.1, 0.15) is 11.7 Å². The molecule has 0 radical (unpaired) electrons. The molecule has 0 spiro atoms. The third-order valence-electron chi connectivity index (χ3n) is 3.08. The Hall–Kier alpha value is -1.53. The number of halogens is 2. The summed E-state index contributed by atoms with van der Waals surface area (Å²) in [5.74, 6) is -2.71. The number of rotatable bonds is 7. The van der Waals surface area contributed by atoms with E-state index in [-0.39, 0.29) is 31.6 Å². The third kappa shape index (κ3) is 5.77. The topological polar surface area (TPSA) is 55.8 Å². The van der Waals surface area contributed by atoms with Gasteiger partial charge in [-0.05, 0) is 6.08 Å². The number of methoxy groups -OCH3 is 1. The van der Waals surface area contributed by atoms with Crippen LogP contribution in [-0.4, -0.2) is 37.5 Å². The zero-order chi connectivity index (χ0) is 15.8. The van der Waals surface area contributed by atoms with Crippen molar-refractivity contribution in [2.75, 3.05) is 20.3 Å². The number of hydrogen-bond acceptors (Lipinski definition) is 3. The van der Waals surface area contributed by atoms with Crippen LogP contribution in [0.1, 0.15) is 19.8 Å². The maximum atomic E-state index is 14.2. The predicted molar refractivity (Wildman–Crippen MR) is 74.1 cm³/mol. The molecule has 0 saturated carbocycles. The van der Waals surface area contributed by atoms with Crippen molar-refractivity contribution in [3.05, 3.63) is 35.5 Å². The lowest BCUT2D eigenvalue weighted by atomic mass is 9.96. The quantitative estimate of drug-likeness (QED) is 0.580. The fourth-order valence-corrected chi connectivity index (χ4v) is 1.99. The molecule has 1 rings (SSSR count). The van der Waals surface area contributed by atoms with E-state index in [0.29, 0.717) is 0 Å². The standard InChI is InChI=1S/C15H20F2O4/c1-10(9-21-7-6-14(18)19)15-12(16)5-3-4-11(20-2)8-13(15)17/h3-4,8,10-11H,5-7,9H2,1-2H3,(H,18,19)/b4-3?,13-8+,15-12+. The lowest BCUT2D eigenvalue weighted by molar-refractivity contribution is -0.138. The fourth-order valence-electron chi connectivity index (χ4n) is 1.99. The van der Waals surface area contributed by atoms with Crippen molar-refractivity contribution in [3.8, 4) is 0 Å². The smallest absolute Gasteiger partial charge is 0.305 e. The molecule has 4 nitrogen and oxygen atoms in total. The lowest BCUT2D eigenvalue weighted by Crippen LogP contribution is -2.15. The van der Waals surface area contributed by atoms with Crippen LogP contribution in [0.2, 0.25) is 0 Å². The predicted octanol–water partition coefficient (Wildman–Crippen LogP) is 3.17. The van der Waals surface area contributed by atoms with Crippen LogP contribution in [0.5, 0.6) is 0 Å². The van der Waals surface area contributed by atoms with E-state index in [0.717, 1.165) is 0 Å². The first-order valence-corrected chi connectivity index (χ1v) is 6.71. The number of hydrogen-bond donors (Lipinski definition) is 1. The van der Waals surface area contributed by atoms with Crippen molar-refractivity contribution in [1.29, 1.82) is 0 Å². The summed E-state index contributed by atoms with van der Waals surface area (Å²) in [7, 11) is 1.44. The first-order valence-electron chi connectivity index (χ1n) is 6.71. The van der Waals surface area contributed by atoms with Crippen molar-refractivity contribution in [1.82, 2.24) is 0 Å². The molecule has 0 amide bonds. The Morgan fingerprint density at radius 1 is 1.52 bits per heavy atom. The molecule has 0 aromatic carbocycles. The van der Waals surface area contributed by atoms with Crippen LogP contribution in [0.25, 0.3) is 0 Å². The van der Waals surface area contributed by atoms with Crippen LogP contribution < -0.4 is 0 Å². The molecule has 2 atom stereocenters. The molecular weight excluding hydrogens is 282 g/mol. The SMILES string of the molecule is COC1C=CC/C(F)=C(C(C)COCCC(=O)O)\C(F)=C/1. The average Bonchev–Trinajstić information content (AvgIpc) is 2.40. The minimum absolute atomic E-state index is 0.00405. The molecule has 0 aliphatic heterocycles. The van der Waals surface area contributed by atoms with Gasteiger partial charge in [0.2, 0.25) is 0 Å². The molecule has 6 heteroatoms. The van der Waals surface area contributed by atoms with Gasteiger partial charge in [0.15, 0.2) is 0 Å². The van der Waals surface area contributed by atoms with E-state index >= 15 is 0 Å². The minimum atomic E-state index is -0.974. The van der Waals surface area contributed by atoms with Gasteiger partial charge in [-0.3, -0.25) is 4.79 Å². The second-order valence-corrected chi connectivity index (χ2v) is 4.79. The largest absolute Gasteiger partial charge is 0.481 e. The van der Waals surface area contributed by atoms with Crippen LogP contribution in [0.3, 0.4) is 0 Å². The Balaban J connectivity index is 2.74. The third-order valence-corrected chi connectivity index (χ3v) is 3.08. The van der Waals surface area contributed by atoms with E-state index in [1.807, 2.05) is 0 Å². The lowest BCUT2D eigenvalue weighted by Gasteiger charge is -2.18. The highest BCUT2D eigenvalue weighted by Gasteiger charge is 2.21. The second-order valence-electron chi connectivity index (χ2n) is 4.79. The molecule has 1 aliphatic carbocycles. The molecule has 1 aliphatic rings. The minimum Gasteiger partial charge on any atom is -0.481 e. The van der Waals surface area contributed by atoms with Gasteiger partial charge in [-0.1, -0.05) is 19.1 Å². The van der Waals surface area contributed by atoms with Crippen LogP contribution in [-0.2, 0) is 14.3 Å². The van der Waals surface area contributed by atoms with E-state index in [4.69, 9.17) is 14.6 Å². The highest BCUT2D eigenvalue weighted by atomic mass is 19.1. The number of carbonyl (C=O) groups is 1. The van der Waals surface area contributed by atoms with E-state index in [2.05, 4.69) is 0 Å². The first-order chi connectivity index (χ1) is 9.95. The van der Waals surface area contributed by atoms with Crippen molar-refractivity contribution in [2.45, 2.75) is 25.9 Å². The van der Waals surface area contributed by atoms with Crippen molar-refractivity contribution >= 4 is 5.97 Å². The van der Waals surface area contributed by atoms with Crippen molar-refractivity contribution in [3.63, 3.8) is 0 Å². The zero-order valence-electron chi connectivity index (χ0n) is 12.1. The Morgan fingerprint density at radius 3 is 2.86 bits per heavy atom. The van der Waals surface area contributed by atoms with Gasteiger partial charge < -0.3 is 14.6 Å². The first kappa shape index (κ1) is 17.5. The summed E-state index contributed by atoms with van der Waals surface area (Å²) in [6.45, 7) is 1.70. The van der Waals surface area contributed by atoms with Crippen LogP contribution >= 0.6 is 0 Å². The summed E-state index contributed by atoms with van der Waals surface area (Å²) < 4.78 is 38.4. The molecule has 1 N–H and O–H groups in total. The Morgan fingerprint density at radius 2 is 2.24 bits per heavy atom. The Bertz CT molecular complexity index is 455. The Labute approximate surface area is 122 Å². The maximum Gasteiger partial charge on any atom is 0.305 e. The van der Waals surface area contributed by atoms with E-state index < -0.39 is 29.6 Å². The van der Waals surface area contributed by atoms with Crippen LogP contribution in [0, 0.1) is 5.92 Å². The van der Waals surface area contributed by atoms with Gasteiger partial charge in [-0.15, -0.1) is 0 Å². The second kappa shape index (κ2) is 8.69. The van der Waals surface area contributed by atoms with Gasteiger partial charge in [-0.25, -0.2) is 8.78 Å². The molecule has 0 heterocycles. The van der Waals surface area contributed by atoms with E-state index in [1.54, 1.807) is 19.1 Å².